The second kappa shape index (κ2) is 10.0. The quantitative estimate of drug-likeness (QED) is 0.595. The van der Waals surface area contributed by atoms with E-state index in [1.165, 1.54) is 57.8 Å². The number of aliphatic hydroxyl groups is 1. The number of hydrogen-bond donors (Lipinski definition) is 3. The molecule has 0 radical (unpaired) electrons. The van der Waals surface area contributed by atoms with Gasteiger partial charge >= 0.3 is 5.97 Å². The molecule has 8 nitrogen and oxygen atoms in total. The minimum absolute atomic E-state index is 0.00468. The lowest BCUT2D eigenvalue weighted by atomic mass is 9.89. The number of carboxylic acids is 1. The van der Waals surface area contributed by atoms with Gasteiger partial charge in [0.25, 0.3) is 5.56 Å². The van der Waals surface area contributed by atoms with Crippen molar-refractivity contribution in [1.82, 2.24) is 14.5 Å². The number of hydrogen-bond acceptors (Lipinski definition) is 6. The van der Waals surface area contributed by atoms with Crippen LogP contribution in [-0.4, -0.2) is 61.4 Å². The van der Waals surface area contributed by atoms with Crippen molar-refractivity contribution < 1.29 is 15.0 Å². The van der Waals surface area contributed by atoms with Crippen LogP contribution in [0.5, 0.6) is 0 Å². The highest BCUT2D eigenvalue weighted by atomic mass is 16.4. The van der Waals surface area contributed by atoms with Crippen LogP contribution in [0.1, 0.15) is 76.7 Å². The van der Waals surface area contributed by atoms with Gasteiger partial charge in [0.1, 0.15) is 6.04 Å². The maximum Gasteiger partial charge on any atom is 0.328 e. The molecule has 1 aromatic heterocycles. The van der Waals surface area contributed by atoms with Crippen molar-refractivity contribution in [3.8, 4) is 0 Å². The van der Waals surface area contributed by atoms with Gasteiger partial charge in [-0.2, -0.15) is 0 Å². The molecule has 3 N–H and O–H groups in total. The second-order valence-corrected chi connectivity index (χ2v) is 10.3. The maximum absolute atomic E-state index is 13.6. The van der Waals surface area contributed by atoms with Crippen LogP contribution in [0, 0.1) is 0 Å². The Bertz CT molecular complexity index is 1060. The first-order valence-electron chi connectivity index (χ1n) is 13.0. The van der Waals surface area contributed by atoms with Gasteiger partial charge in [-0.15, -0.1) is 0 Å². The monoisotopic (exact) mass is 468 g/mol. The van der Waals surface area contributed by atoms with Gasteiger partial charge in [-0.25, -0.2) is 9.78 Å². The summed E-state index contributed by atoms with van der Waals surface area (Å²) in [7, 11) is 0. The van der Waals surface area contributed by atoms with Gasteiger partial charge in [-0.05, 0) is 50.7 Å². The summed E-state index contributed by atoms with van der Waals surface area (Å²) in [6.45, 7) is -0.618. The van der Waals surface area contributed by atoms with Crippen molar-refractivity contribution in [2.75, 3.05) is 11.9 Å². The average Bonchev–Trinajstić information content (AvgIpc) is 3.06. The topological polar surface area (TPSA) is 108 Å². The third-order valence-corrected chi connectivity index (χ3v) is 8.21. The lowest BCUT2D eigenvalue weighted by molar-refractivity contribution is -0.138. The summed E-state index contributed by atoms with van der Waals surface area (Å²) in [5.74, 6) is -1.22. The van der Waals surface area contributed by atoms with Gasteiger partial charge in [0.05, 0.1) is 17.6 Å². The fourth-order valence-electron chi connectivity index (χ4n) is 6.69. The Hall–Kier alpha value is -2.45. The van der Waals surface area contributed by atoms with E-state index in [1.807, 2.05) is 28.8 Å². The number of aromatic nitrogens is 2. The number of para-hydroxylation sites is 2. The minimum atomic E-state index is -1.27. The summed E-state index contributed by atoms with van der Waals surface area (Å²) in [4.78, 5) is 32.3. The lowest BCUT2D eigenvalue weighted by Crippen LogP contribution is -2.50. The van der Waals surface area contributed by atoms with Gasteiger partial charge in [0.15, 0.2) is 5.82 Å². The molecular formula is C26H36N4O4. The third kappa shape index (κ3) is 4.45. The highest BCUT2D eigenvalue weighted by Crippen LogP contribution is 2.44. The van der Waals surface area contributed by atoms with E-state index >= 15 is 0 Å². The number of rotatable bonds is 6. The average molecular weight is 469 g/mol. The molecular weight excluding hydrogens is 432 g/mol. The normalized spacial score (nSPS) is 27.3. The van der Waals surface area contributed by atoms with Crippen LogP contribution in [0.3, 0.4) is 0 Å². The molecule has 8 heteroatoms. The number of carboxylic acid groups (broad SMARTS) is 1. The van der Waals surface area contributed by atoms with Crippen molar-refractivity contribution in [2.24, 2.45) is 0 Å². The van der Waals surface area contributed by atoms with E-state index < -0.39 is 18.6 Å². The first-order chi connectivity index (χ1) is 16.6. The first kappa shape index (κ1) is 23.3. The molecule has 1 aromatic carbocycles. The number of carbonyl (C=O) groups is 1. The molecule has 3 aliphatic rings. The van der Waals surface area contributed by atoms with Crippen molar-refractivity contribution in [1.29, 1.82) is 0 Å². The zero-order chi connectivity index (χ0) is 23.7. The number of aliphatic carboxylic acids is 1. The van der Waals surface area contributed by atoms with Crippen LogP contribution in [-0.2, 0) is 4.79 Å². The largest absolute Gasteiger partial charge is 0.480 e. The molecule has 2 aromatic rings. The van der Waals surface area contributed by atoms with Gasteiger partial charge < -0.3 is 20.1 Å². The number of nitrogens with one attached hydrogen (secondary N) is 1. The molecule has 4 atom stereocenters. The van der Waals surface area contributed by atoms with E-state index in [4.69, 9.17) is 0 Å². The molecule has 0 unspecified atom stereocenters. The summed E-state index contributed by atoms with van der Waals surface area (Å²) < 4.78 is 1.85. The number of benzene rings is 1. The number of aliphatic hydroxyl groups excluding tert-OH is 1. The molecule has 34 heavy (non-hydrogen) atoms. The fraction of sp³-hybridized carbons (Fsp3) is 0.654. The second-order valence-electron chi connectivity index (χ2n) is 10.3. The van der Waals surface area contributed by atoms with E-state index in [9.17, 15) is 19.8 Å². The molecule has 5 rings (SSSR count). The SMILES string of the molecule is O=C(O)[C@@H](CO)Nc1nc2ccccc2n([C@H]2C[C@H]3CC[C@@H](C2)N3C2CCCCCCC2)c1=O. The van der Waals surface area contributed by atoms with Gasteiger partial charge in [-0.1, -0.05) is 44.2 Å². The number of fused-ring (bicyclic) bond motifs is 3. The Morgan fingerprint density at radius 3 is 2.26 bits per heavy atom. The Balaban J connectivity index is 1.46. The van der Waals surface area contributed by atoms with E-state index in [-0.39, 0.29) is 17.4 Å². The summed E-state index contributed by atoms with van der Waals surface area (Å²) >= 11 is 0. The molecule has 0 spiro atoms. The molecule has 2 aliphatic heterocycles. The van der Waals surface area contributed by atoms with Crippen LogP contribution in [0.25, 0.3) is 11.0 Å². The predicted octanol–water partition coefficient (Wildman–Crippen LogP) is 3.53. The van der Waals surface area contributed by atoms with Crippen molar-refractivity contribution >= 4 is 22.8 Å². The molecule has 2 saturated heterocycles. The Morgan fingerprint density at radius 2 is 1.62 bits per heavy atom. The number of anilines is 1. The molecule has 184 valence electrons. The predicted molar refractivity (Wildman–Crippen MR) is 131 cm³/mol. The zero-order valence-electron chi connectivity index (χ0n) is 19.7. The molecule has 1 aliphatic carbocycles. The third-order valence-electron chi connectivity index (χ3n) is 8.21. The molecule has 0 amide bonds. The lowest BCUT2D eigenvalue weighted by Gasteiger charge is -2.45. The molecule has 3 fully saturated rings. The van der Waals surface area contributed by atoms with E-state index in [1.54, 1.807) is 0 Å². The highest BCUT2D eigenvalue weighted by molar-refractivity contribution is 5.79. The van der Waals surface area contributed by atoms with E-state index in [0.29, 0.717) is 23.6 Å². The Morgan fingerprint density at radius 1 is 0.971 bits per heavy atom. The van der Waals surface area contributed by atoms with Gasteiger partial charge in [-0.3, -0.25) is 9.69 Å². The summed E-state index contributed by atoms with van der Waals surface area (Å²) in [6.07, 6.45) is 13.5. The minimum Gasteiger partial charge on any atom is -0.480 e. The smallest absolute Gasteiger partial charge is 0.328 e. The van der Waals surface area contributed by atoms with Crippen LogP contribution in [0.4, 0.5) is 5.82 Å². The fourth-order valence-corrected chi connectivity index (χ4v) is 6.69. The van der Waals surface area contributed by atoms with Crippen LogP contribution >= 0.6 is 0 Å². The summed E-state index contributed by atoms with van der Waals surface area (Å²) in [5.41, 5.74) is 1.14. The van der Waals surface area contributed by atoms with E-state index in [2.05, 4.69) is 15.2 Å². The standard InChI is InChI=1S/C26H36N4O4/c31-16-22(26(33)34)28-24-25(32)30(23-11-7-6-10-21(23)27-24)20-14-18-12-13-19(15-20)29(18)17-8-4-2-1-3-5-9-17/h6-7,10-11,17-20,22,31H,1-5,8-9,12-16H2,(H,27,28)(H,33,34)/t18-,19+,20+,22-/m1/s1. The molecule has 2 bridgehead atoms. The van der Waals surface area contributed by atoms with Crippen molar-refractivity contribution in [3.63, 3.8) is 0 Å². The van der Waals surface area contributed by atoms with Gasteiger partial charge in [0, 0.05) is 24.2 Å². The number of piperidine rings is 1. The van der Waals surface area contributed by atoms with Crippen LogP contribution < -0.4 is 10.9 Å². The molecule has 1 saturated carbocycles. The Labute approximate surface area is 200 Å². The molecule has 3 heterocycles. The van der Waals surface area contributed by atoms with Crippen LogP contribution in [0.2, 0.25) is 0 Å². The maximum atomic E-state index is 13.6. The van der Waals surface area contributed by atoms with Crippen molar-refractivity contribution in [3.05, 3.63) is 34.6 Å². The highest BCUT2D eigenvalue weighted by Gasteiger charge is 2.44. The van der Waals surface area contributed by atoms with Gasteiger partial charge in [0.2, 0.25) is 0 Å². The summed E-state index contributed by atoms with van der Waals surface area (Å²) in [6, 6.07) is 8.01. The zero-order valence-corrected chi connectivity index (χ0v) is 19.7. The van der Waals surface area contributed by atoms with Crippen LogP contribution in [0.15, 0.2) is 29.1 Å². The van der Waals surface area contributed by atoms with E-state index in [0.717, 1.165) is 18.4 Å². The Kier molecular flexibility index (Phi) is 6.88. The van der Waals surface area contributed by atoms with Crippen molar-refractivity contribution in [2.45, 2.75) is 101 Å². The first-order valence-corrected chi connectivity index (χ1v) is 13.0. The summed E-state index contributed by atoms with van der Waals surface area (Å²) in [5, 5.41) is 21.5. The number of nitrogens with zero attached hydrogens (tertiary/aromatic N) is 3.